The average Bonchev–Trinajstić information content (AvgIpc) is 3.33. The second-order valence-electron chi connectivity index (χ2n) is 15.8. The first-order valence-corrected chi connectivity index (χ1v) is 25.2. The molecule has 1 rings (SSSR count). The normalized spacial score (nSPS) is 11.5. The third-order valence-electron chi connectivity index (χ3n) is 10.2. The van der Waals surface area contributed by atoms with Crippen molar-refractivity contribution >= 4 is 17.1 Å². The number of benzene rings is 1. The van der Waals surface area contributed by atoms with Gasteiger partial charge >= 0.3 is 0 Å². The van der Waals surface area contributed by atoms with Crippen molar-refractivity contribution in [1.29, 1.82) is 0 Å². The lowest BCUT2D eigenvalue weighted by atomic mass is 10.0. The highest BCUT2D eigenvalue weighted by Gasteiger charge is 2.19. The van der Waals surface area contributed by atoms with E-state index in [1.54, 1.807) is 0 Å². The summed E-state index contributed by atoms with van der Waals surface area (Å²) in [5.74, 6) is 0. The van der Waals surface area contributed by atoms with Crippen LogP contribution in [0.2, 0.25) is 0 Å². The Bertz CT molecular complexity index is 1220. The van der Waals surface area contributed by atoms with E-state index >= 15 is 0 Å². The number of non-ortho nitro benzene ring substituents is 1. The van der Waals surface area contributed by atoms with E-state index in [1.165, 1.54) is 108 Å². The largest absolute Gasteiger partial charge is 0.379 e. The Balaban J connectivity index is 1.65. The van der Waals surface area contributed by atoms with Crippen LogP contribution in [-0.2, 0) is 56.8 Å². The lowest BCUT2D eigenvalue weighted by Gasteiger charge is -2.09. The van der Waals surface area contributed by atoms with Crippen LogP contribution in [0.4, 0.5) is 17.1 Å². The van der Waals surface area contributed by atoms with Crippen molar-refractivity contribution in [2.24, 2.45) is 0 Å². The minimum absolute atomic E-state index is 0.186. The lowest BCUT2D eigenvalue weighted by molar-refractivity contribution is -0.393. The predicted octanol–water partition coefficient (Wildman–Crippen LogP) is 8.38. The summed E-state index contributed by atoms with van der Waals surface area (Å²) in [5, 5.41) is 24.9. The Kier molecular flexibility index (Phi) is 47.6. The molecule has 1 aromatic rings. The molecule has 0 fully saturated rings. The maximum Gasteiger partial charge on any atom is 0.299 e. The number of rotatable bonds is 56. The zero-order valence-corrected chi connectivity index (χ0v) is 41.1. The lowest BCUT2D eigenvalue weighted by Crippen LogP contribution is -2.16. The number of nitro groups is 2. The first-order valence-electron chi connectivity index (χ1n) is 25.2. The van der Waals surface area contributed by atoms with Crippen molar-refractivity contribution in [2.45, 2.75) is 110 Å². The smallest absolute Gasteiger partial charge is 0.299 e. The molecule has 0 spiro atoms. The van der Waals surface area contributed by atoms with E-state index in [0.29, 0.717) is 145 Å². The molecule has 0 aromatic heterocycles. The molecule has 0 bridgehead atoms. The van der Waals surface area contributed by atoms with E-state index in [0.717, 1.165) is 19.1 Å². The number of nitro benzene ring substituents is 2. The number of anilines is 1. The molecule has 0 aliphatic heterocycles. The predicted molar refractivity (Wildman–Crippen MR) is 258 cm³/mol. The molecule has 67 heavy (non-hydrogen) atoms. The SMILES string of the molecule is CCCCCCCCCCCCCCCCCCOCCOCCOCCOCCOCCOCCOCCOCCOCCOCCOCCOCCNc1ccc([N+](=O)[O-])cc1[N+](=O)[O-]. The maximum absolute atomic E-state index is 11.2. The number of nitrogens with one attached hydrogen (secondary N) is 1. The molecule has 1 N–H and O–H groups in total. The summed E-state index contributed by atoms with van der Waals surface area (Å²) in [4.78, 5) is 20.7. The monoisotopic (exact) mass is 964 g/mol. The summed E-state index contributed by atoms with van der Waals surface area (Å²) < 4.78 is 66.2. The van der Waals surface area contributed by atoms with Crippen molar-refractivity contribution < 1.29 is 66.7 Å². The first kappa shape index (κ1) is 62.4. The molecule has 0 amide bonds. The molecular formula is C48H89N3O16. The van der Waals surface area contributed by atoms with Gasteiger partial charge in [-0.1, -0.05) is 103 Å². The van der Waals surface area contributed by atoms with Crippen LogP contribution in [0.1, 0.15) is 110 Å². The van der Waals surface area contributed by atoms with E-state index < -0.39 is 9.85 Å². The van der Waals surface area contributed by atoms with Crippen molar-refractivity contribution in [2.75, 3.05) is 170 Å². The fourth-order valence-corrected chi connectivity index (χ4v) is 6.47. The van der Waals surface area contributed by atoms with Crippen LogP contribution in [0.5, 0.6) is 0 Å². The Labute approximate surface area is 401 Å². The molecule has 1 aromatic carbocycles. The average molecular weight is 964 g/mol. The molecule has 0 aliphatic carbocycles. The first-order chi connectivity index (χ1) is 33.1. The zero-order chi connectivity index (χ0) is 48.2. The summed E-state index contributed by atoms with van der Waals surface area (Å²) in [7, 11) is 0. The van der Waals surface area contributed by atoms with Crippen LogP contribution in [0, 0.1) is 20.2 Å². The van der Waals surface area contributed by atoms with Gasteiger partial charge in [0.15, 0.2) is 0 Å². The van der Waals surface area contributed by atoms with Crippen LogP contribution in [0.25, 0.3) is 0 Å². The third-order valence-corrected chi connectivity index (χ3v) is 10.2. The Morgan fingerprint density at radius 3 is 0.910 bits per heavy atom. The highest BCUT2D eigenvalue weighted by Crippen LogP contribution is 2.28. The van der Waals surface area contributed by atoms with Gasteiger partial charge in [-0.15, -0.1) is 0 Å². The number of unbranched alkanes of at least 4 members (excludes halogenated alkanes) is 15. The minimum atomic E-state index is -0.678. The third kappa shape index (κ3) is 44.3. The van der Waals surface area contributed by atoms with Crippen LogP contribution in [0.3, 0.4) is 0 Å². The molecule has 0 unspecified atom stereocenters. The molecular weight excluding hydrogens is 875 g/mol. The minimum Gasteiger partial charge on any atom is -0.379 e. The summed E-state index contributed by atoms with van der Waals surface area (Å²) in [6.07, 6.45) is 22.0. The van der Waals surface area contributed by atoms with E-state index in [-0.39, 0.29) is 30.2 Å². The van der Waals surface area contributed by atoms with Crippen LogP contribution >= 0.6 is 0 Å². The van der Waals surface area contributed by atoms with E-state index in [4.69, 9.17) is 56.8 Å². The van der Waals surface area contributed by atoms with Crippen molar-refractivity contribution in [3.05, 3.63) is 38.4 Å². The summed E-state index contributed by atoms with van der Waals surface area (Å²) >= 11 is 0. The van der Waals surface area contributed by atoms with Gasteiger partial charge in [0.2, 0.25) is 0 Å². The van der Waals surface area contributed by atoms with Crippen LogP contribution in [-0.4, -0.2) is 175 Å². The van der Waals surface area contributed by atoms with Gasteiger partial charge in [-0.25, -0.2) is 0 Å². The summed E-state index contributed by atoms with van der Waals surface area (Å²) in [6.45, 7) is 14.3. The number of nitrogens with zero attached hydrogens (tertiary/aromatic N) is 2. The molecule has 0 atom stereocenters. The molecule has 0 heterocycles. The van der Waals surface area contributed by atoms with Gasteiger partial charge in [0, 0.05) is 19.2 Å². The standard InChI is InChI=1S/C48H89N3O16/c1-2-3-4-5-6-7-8-9-10-11-12-13-14-15-16-17-21-56-23-25-58-27-29-60-31-33-62-35-37-64-39-41-66-43-44-67-42-40-65-38-36-63-34-32-61-30-28-59-26-24-57-22-20-49-47-19-18-46(50(52)53)45-48(47)51(54)55/h18-19,45,49H,2-17,20-44H2,1H3. The van der Waals surface area contributed by atoms with E-state index in [9.17, 15) is 20.2 Å². The number of hydrogen-bond acceptors (Lipinski definition) is 17. The van der Waals surface area contributed by atoms with Gasteiger partial charge in [-0.3, -0.25) is 20.2 Å². The van der Waals surface area contributed by atoms with Crippen LogP contribution in [0.15, 0.2) is 18.2 Å². The van der Waals surface area contributed by atoms with Gasteiger partial charge in [-0.05, 0) is 12.5 Å². The molecule has 0 saturated carbocycles. The molecule has 0 aliphatic rings. The van der Waals surface area contributed by atoms with Crippen molar-refractivity contribution in [3.8, 4) is 0 Å². The van der Waals surface area contributed by atoms with E-state index in [2.05, 4.69) is 12.2 Å². The molecule has 392 valence electrons. The molecule has 0 radical (unpaired) electrons. The Morgan fingerprint density at radius 1 is 0.358 bits per heavy atom. The quantitative estimate of drug-likeness (QED) is 0.0369. The second kappa shape index (κ2) is 51.2. The highest BCUT2D eigenvalue weighted by molar-refractivity contribution is 5.65. The van der Waals surface area contributed by atoms with E-state index in [1.807, 2.05) is 0 Å². The van der Waals surface area contributed by atoms with Crippen molar-refractivity contribution in [1.82, 2.24) is 0 Å². The number of hydrogen-bond donors (Lipinski definition) is 1. The van der Waals surface area contributed by atoms with Crippen LogP contribution < -0.4 is 5.32 Å². The van der Waals surface area contributed by atoms with Gasteiger partial charge in [-0.2, -0.15) is 0 Å². The Morgan fingerprint density at radius 2 is 0.627 bits per heavy atom. The topological polar surface area (TPSA) is 209 Å². The van der Waals surface area contributed by atoms with Gasteiger partial charge in [0.25, 0.3) is 11.4 Å². The Hall–Kier alpha value is -2.66. The summed E-state index contributed by atoms with van der Waals surface area (Å²) in [5.41, 5.74) is -0.524. The van der Waals surface area contributed by atoms with Gasteiger partial charge < -0.3 is 62.2 Å². The fourth-order valence-electron chi connectivity index (χ4n) is 6.47. The highest BCUT2D eigenvalue weighted by atomic mass is 16.6. The molecule has 19 heteroatoms. The van der Waals surface area contributed by atoms with Crippen molar-refractivity contribution in [3.63, 3.8) is 0 Å². The second-order valence-corrected chi connectivity index (χ2v) is 15.8. The molecule has 19 nitrogen and oxygen atoms in total. The maximum atomic E-state index is 11.2. The van der Waals surface area contributed by atoms with Gasteiger partial charge in [0.1, 0.15) is 5.69 Å². The van der Waals surface area contributed by atoms with Gasteiger partial charge in [0.05, 0.1) is 168 Å². The fraction of sp³-hybridized carbons (Fsp3) is 0.875. The number of ether oxygens (including phenoxy) is 12. The summed E-state index contributed by atoms with van der Waals surface area (Å²) in [6, 6.07) is 3.44. The zero-order valence-electron chi connectivity index (χ0n) is 41.1. The molecule has 0 saturated heterocycles.